The lowest BCUT2D eigenvalue weighted by atomic mass is 9.90. The van der Waals surface area contributed by atoms with Crippen LogP contribution in [-0.4, -0.2) is 41.4 Å². The van der Waals surface area contributed by atoms with Crippen molar-refractivity contribution in [2.75, 3.05) is 13.1 Å². The van der Waals surface area contributed by atoms with Gasteiger partial charge in [0.05, 0.1) is 5.54 Å². The van der Waals surface area contributed by atoms with Gasteiger partial charge >= 0.3 is 0 Å². The minimum absolute atomic E-state index is 0.0863. The molecule has 2 rings (SSSR count). The van der Waals surface area contributed by atoms with Crippen LogP contribution in [0.4, 0.5) is 0 Å². The molecule has 0 saturated carbocycles. The molecule has 2 amide bonds. The first-order valence-electron chi connectivity index (χ1n) is 6.96. The number of nitrogens with two attached hydrogens (primary N) is 1. The standard InChI is InChI=1S/C13H23N3O2/c1-2-6-13(7-4-8-15-13)12(18)16-9-3-5-10(16)11(14)17/h10,15H,2-9H2,1H3,(H2,14,17). The van der Waals surface area contributed by atoms with Crippen molar-refractivity contribution in [1.82, 2.24) is 10.2 Å². The molecule has 102 valence electrons. The van der Waals surface area contributed by atoms with Crippen LogP contribution in [0.1, 0.15) is 45.4 Å². The van der Waals surface area contributed by atoms with E-state index in [4.69, 9.17) is 5.73 Å². The van der Waals surface area contributed by atoms with Gasteiger partial charge in [-0.15, -0.1) is 0 Å². The molecule has 0 bridgehead atoms. The Morgan fingerprint density at radius 3 is 2.78 bits per heavy atom. The van der Waals surface area contributed by atoms with E-state index in [2.05, 4.69) is 12.2 Å². The summed E-state index contributed by atoms with van der Waals surface area (Å²) in [6, 6.07) is -0.395. The van der Waals surface area contributed by atoms with Gasteiger partial charge < -0.3 is 16.0 Å². The van der Waals surface area contributed by atoms with Crippen LogP contribution in [0, 0.1) is 0 Å². The van der Waals surface area contributed by atoms with Crippen molar-refractivity contribution in [1.29, 1.82) is 0 Å². The van der Waals surface area contributed by atoms with E-state index in [0.717, 1.165) is 38.6 Å². The maximum absolute atomic E-state index is 12.7. The van der Waals surface area contributed by atoms with Crippen LogP contribution in [0.5, 0.6) is 0 Å². The number of likely N-dealkylation sites (tertiary alicyclic amines) is 1. The van der Waals surface area contributed by atoms with Gasteiger partial charge in [0.1, 0.15) is 6.04 Å². The molecule has 2 heterocycles. The molecule has 5 nitrogen and oxygen atoms in total. The van der Waals surface area contributed by atoms with Crippen molar-refractivity contribution < 1.29 is 9.59 Å². The summed E-state index contributed by atoms with van der Waals surface area (Å²) in [4.78, 5) is 25.8. The van der Waals surface area contributed by atoms with Crippen LogP contribution >= 0.6 is 0 Å². The third-order valence-electron chi connectivity index (χ3n) is 4.17. The van der Waals surface area contributed by atoms with Crippen molar-refractivity contribution >= 4 is 11.8 Å². The molecule has 5 heteroatoms. The van der Waals surface area contributed by atoms with Gasteiger partial charge in [-0.2, -0.15) is 0 Å². The van der Waals surface area contributed by atoms with Crippen molar-refractivity contribution in [3.63, 3.8) is 0 Å². The number of hydrogen-bond donors (Lipinski definition) is 2. The lowest BCUT2D eigenvalue weighted by Gasteiger charge is -2.34. The SMILES string of the molecule is CCCC1(C(=O)N2CCCC2C(N)=O)CCCN1. The smallest absolute Gasteiger partial charge is 0.243 e. The predicted octanol–water partition coefficient (Wildman–Crippen LogP) is 0.385. The predicted molar refractivity (Wildman–Crippen MR) is 68.8 cm³/mol. The zero-order chi connectivity index (χ0) is 13.2. The minimum Gasteiger partial charge on any atom is -0.368 e. The molecule has 2 fully saturated rings. The molecular weight excluding hydrogens is 230 g/mol. The average molecular weight is 253 g/mol. The van der Waals surface area contributed by atoms with E-state index in [1.165, 1.54) is 0 Å². The molecule has 3 N–H and O–H groups in total. The Labute approximate surface area is 108 Å². The van der Waals surface area contributed by atoms with Gasteiger partial charge in [-0.3, -0.25) is 9.59 Å². The molecular formula is C13H23N3O2. The fraction of sp³-hybridized carbons (Fsp3) is 0.846. The Balaban J connectivity index is 2.15. The first-order valence-corrected chi connectivity index (χ1v) is 6.96. The van der Waals surface area contributed by atoms with Crippen LogP contribution in [0.3, 0.4) is 0 Å². The Morgan fingerprint density at radius 2 is 2.22 bits per heavy atom. The van der Waals surface area contributed by atoms with Crippen LogP contribution in [-0.2, 0) is 9.59 Å². The molecule has 0 aromatic rings. The Hall–Kier alpha value is -1.10. The second-order valence-corrected chi connectivity index (χ2v) is 5.42. The molecule has 2 atom stereocenters. The summed E-state index contributed by atoms with van der Waals surface area (Å²) in [5, 5.41) is 3.36. The summed E-state index contributed by atoms with van der Waals surface area (Å²) < 4.78 is 0. The van der Waals surface area contributed by atoms with Crippen molar-refractivity contribution in [3.8, 4) is 0 Å². The van der Waals surface area contributed by atoms with Crippen LogP contribution in [0.15, 0.2) is 0 Å². The summed E-state index contributed by atoms with van der Waals surface area (Å²) in [5.74, 6) is -0.284. The van der Waals surface area contributed by atoms with Crippen molar-refractivity contribution in [3.05, 3.63) is 0 Å². The first-order chi connectivity index (χ1) is 8.60. The monoisotopic (exact) mass is 253 g/mol. The van der Waals surface area contributed by atoms with Gasteiger partial charge in [-0.25, -0.2) is 0 Å². The Bertz CT molecular complexity index is 337. The fourth-order valence-corrected chi connectivity index (χ4v) is 3.32. The van der Waals surface area contributed by atoms with E-state index < -0.39 is 11.6 Å². The van der Waals surface area contributed by atoms with Gasteiger partial charge in [0, 0.05) is 6.54 Å². The van der Waals surface area contributed by atoms with Crippen LogP contribution in [0.2, 0.25) is 0 Å². The van der Waals surface area contributed by atoms with E-state index in [0.29, 0.717) is 13.0 Å². The van der Waals surface area contributed by atoms with Gasteiger partial charge in [0.15, 0.2) is 0 Å². The summed E-state index contributed by atoms with van der Waals surface area (Å²) in [5.41, 5.74) is 4.95. The van der Waals surface area contributed by atoms with E-state index >= 15 is 0 Å². The topological polar surface area (TPSA) is 75.4 Å². The lowest BCUT2D eigenvalue weighted by Crippen LogP contribution is -2.57. The van der Waals surface area contributed by atoms with Crippen LogP contribution < -0.4 is 11.1 Å². The lowest BCUT2D eigenvalue weighted by molar-refractivity contribution is -0.142. The number of carbonyl (C=O) groups excluding carboxylic acids is 2. The van der Waals surface area contributed by atoms with Gasteiger partial charge in [0.2, 0.25) is 11.8 Å². The third kappa shape index (κ3) is 2.23. The molecule has 2 aliphatic rings. The Morgan fingerprint density at radius 1 is 1.44 bits per heavy atom. The molecule has 0 radical (unpaired) electrons. The minimum atomic E-state index is -0.438. The number of rotatable bonds is 4. The number of nitrogens with one attached hydrogen (secondary N) is 1. The number of primary amides is 1. The molecule has 0 aromatic carbocycles. The van der Waals surface area contributed by atoms with E-state index in [-0.39, 0.29) is 11.8 Å². The van der Waals surface area contributed by atoms with Gasteiger partial charge in [-0.05, 0) is 38.6 Å². The quantitative estimate of drug-likeness (QED) is 0.761. The Kier molecular flexibility index (Phi) is 3.90. The molecule has 0 spiro atoms. The second kappa shape index (κ2) is 5.26. The van der Waals surface area contributed by atoms with Gasteiger partial charge in [0.25, 0.3) is 0 Å². The molecule has 2 aliphatic heterocycles. The summed E-state index contributed by atoms with van der Waals surface area (Å²) in [6.07, 6.45) is 5.30. The van der Waals surface area contributed by atoms with E-state index in [1.807, 2.05) is 0 Å². The molecule has 2 unspecified atom stereocenters. The zero-order valence-corrected chi connectivity index (χ0v) is 11.1. The maximum Gasteiger partial charge on any atom is 0.243 e. The number of hydrogen-bond acceptors (Lipinski definition) is 3. The largest absolute Gasteiger partial charge is 0.368 e. The highest BCUT2D eigenvalue weighted by Crippen LogP contribution is 2.30. The van der Waals surface area contributed by atoms with Crippen molar-refractivity contribution in [2.45, 2.75) is 57.0 Å². The average Bonchev–Trinajstić information content (AvgIpc) is 2.97. The normalized spacial score (nSPS) is 31.8. The first kappa shape index (κ1) is 13.3. The molecule has 18 heavy (non-hydrogen) atoms. The number of carbonyl (C=O) groups is 2. The van der Waals surface area contributed by atoms with Crippen molar-refractivity contribution in [2.24, 2.45) is 5.73 Å². The fourth-order valence-electron chi connectivity index (χ4n) is 3.32. The summed E-state index contributed by atoms with van der Waals surface area (Å²) in [7, 11) is 0. The van der Waals surface area contributed by atoms with Gasteiger partial charge in [-0.1, -0.05) is 13.3 Å². The highest BCUT2D eigenvalue weighted by molar-refractivity contribution is 5.92. The zero-order valence-electron chi connectivity index (χ0n) is 11.1. The number of nitrogens with zero attached hydrogens (tertiary/aromatic N) is 1. The highest BCUT2D eigenvalue weighted by Gasteiger charge is 2.46. The molecule has 2 saturated heterocycles. The second-order valence-electron chi connectivity index (χ2n) is 5.42. The van der Waals surface area contributed by atoms with Crippen LogP contribution in [0.25, 0.3) is 0 Å². The summed E-state index contributed by atoms with van der Waals surface area (Å²) >= 11 is 0. The summed E-state index contributed by atoms with van der Waals surface area (Å²) in [6.45, 7) is 3.64. The third-order valence-corrected chi connectivity index (χ3v) is 4.17. The number of amides is 2. The molecule has 0 aromatic heterocycles. The molecule has 0 aliphatic carbocycles. The highest BCUT2D eigenvalue weighted by atomic mass is 16.2. The maximum atomic E-state index is 12.7. The van der Waals surface area contributed by atoms with E-state index in [1.54, 1.807) is 4.90 Å². The van der Waals surface area contributed by atoms with E-state index in [9.17, 15) is 9.59 Å².